The molecule has 1 unspecified atom stereocenters. The highest BCUT2D eigenvalue weighted by Crippen LogP contribution is 2.30. The number of hydrogen-bond acceptors (Lipinski definition) is 2. The first kappa shape index (κ1) is 14.1. The van der Waals surface area contributed by atoms with E-state index in [1.807, 2.05) is 6.26 Å². The summed E-state index contributed by atoms with van der Waals surface area (Å²) in [6, 6.07) is 7.05. The van der Waals surface area contributed by atoms with Gasteiger partial charge in [-0.1, -0.05) is 45.9 Å². The van der Waals surface area contributed by atoms with Crippen LogP contribution in [-0.4, -0.2) is 12.6 Å². The van der Waals surface area contributed by atoms with Crippen molar-refractivity contribution < 1.29 is 4.42 Å². The largest absolute Gasteiger partial charge is 0.464 e. The van der Waals surface area contributed by atoms with Crippen molar-refractivity contribution in [1.82, 2.24) is 5.32 Å². The van der Waals surface area contributed by atoms with Crippen LogP contribution in [0.1, 0.15) is 51.2 Å². The summed E-state index contributed by atoms with van der Waals surface area (Å²) < 4.78 is 5.83. The Bertz CT molecular complexity index is 527. The maximum atomic E-state index is 5.83. The van der Waals surface area contributed by atoms with Crippen LogP contribution in [0.15, 0.2) is 28.9 Å². The van der Waals surface area contributed by atoms with Crippen molar-refractivity contribution in [2.24, 2.45) is 0 Å². The lowest BCUT2D eigenvalue weighted by atomic mass is 9.96. The molecule has 0 fully saturated rings. The summed E-state index contributed by atoms with van der Waals surface area (Å²) in [6.07, 6.45) is 4.09. The van der Waals surface area contributed by atoms with E-state index in [1.165, 1.54) is 16.5 Å². The molecule has 104 valence electrons. The number of hydrogen-bond donors (Lipinski definition) is 1. The van der Waals surface area contributed by atoms with Crippen LogP contribution in [-0.2, 0) is 6.42 Å². The van der Waals surface area contributed by atoms with Gasteiger partial charge < -0.3 is 9.73 Å². The van der Waals surface area contributed by atoms with Crippen LogP contribution < -0.4 is 5.32 Å². The van der Waals surface area contributed by atoms with Crippen LogP contribution in [0.2, 0.25) is 0 Å². The Kier molecular flexibility index (Phi) is 4.65. The minimum absolute atomic E-state index is 0.536. The molecule has 0 bridgehead atoms. The van der Waals surface area contributed by atoms with E-state index in [0.29, 0.717) is 12.0 Å². The van der Waals surface area contributed by atoms with Crippen LogP contribution in [0.25, 0.3) is 11.0 Å². The Balaban J connectivity index is 2.23. The van der Waals surface area contributed by atoms with Crippen LogP contribution in [0.4, 0.5) is 0 Å². The SMILES string of the molecule is CCC(C)c1cccc2c(CCNC(C)C)coc12. The van der Waals surface area contributed by atoms with Crippen molar-refractivity contribution in [2.75, 3.05) is 6.54 Å². The molecule has 19 heavy (non-hydrogen) atoms. The van der Waals surface area contributed by atoms with Gasteiger partial charge in [0.05, 0.1) is 6.26 Å². The Hall–Kier alpha value is -1.28. The molecule has 0 aliphatic heterocycles. The first-order chi connectivity index (χ1) is 9.13. The summed E-state index contributed by atoms with van der Waals surface area (Å²) in [6.45, 7) is 9.83. The van der Waals surface area contributed by atoms with Gasteiger partial charge in [0.15, 0.2) is 0 Å². The van der Waals surface area contributed by atoms with Gasteiger partial charge in [-0.25, -0.2) is 0 Å². The molecule has 1 heterocycles. The van der Waals surface area contributed by atoms with E-state index >= 15 is 0 Å². The second kappa shape index (κ2) is 6.25. The van der Waals surface area contributed by atoms with E-state index in [-0.39, 0.29) is 0 Å². The Morgan fingerprint density at radius 3 is 2.68 bits per heavy atom. The zero-order valence-corrected chi connectivity index (χ0v) is 12.5. The molecular formula is C17H25NO. The van der Waals surface area contributed by atoms with Crippen LogP contribution in [0.3, 0.4) is 0 Å². The van der Waals surface area contributed by atoms with Gasteiger partial charge in [0.2, 0.25) is 0 Å². The normalized spacial score (nSPS) is 13.3. The predicted molar refractivity (Wildman–Crippen MR) is 81.8 cm³/mol. The summed E-state index contributed by atoms with van der Waals surface area (Å²) in [7, 11) is 0. The summed E-state index contributed by atoms with van der Waals surface area (Å²) in [5.41, 5.74) is 3.73. The molecule has 0 aliphatic carbocycles. The summed E-state index contributed by atoms with van der Waals surface area (Å²) in [5, 5.41) is 4.74. The smallest absolute Gasteiger partial charge is 0.137 e. The quantitative estimate of drug-likeness (QED) is 0.827. The van der Waals surface area contributed by atoms with E-state index in [1.54, 1.807) is 0 Å². The molecule has 2 nitrogen and oxygen atoms in total. The summed E-state index contributed by atoms with van der Waals surface area (Å²) in [5.74, 6) is 0.552. The lowest BCUT2D eigenvalue weighted by molar-refractivity contribution is 0.577. The molecule has 0 spiro atoms. The van der Waals surface area contributed by atoms with Gasteiger partial charge in [-0.3, -0.25) is 0 Å². The van der Waals surface area contributed by atoms with Crippen molar-refractivity contribution in [3.8, 4) is 0 Å². The second-order valence-corrected chi connectivity index (χ2v) is 5.65. The van der Waals surface area contributed by atoms with Gasteiger partial charge in [0.25, 0.3) is 0 Å². The van der Waals surface area contributed by atoms with Gasteiger partial charge in [-0.15, -0.1) is 0 Å². The summed E-state index contributed by atoms with van der Waals surface area (Å²) >= 11 is 0. The van der Waals surface area contributed by atoms with Gasteiger partial charge in [-0.2, -0.15) is 0 Å². The highest BCUT2D eigenvalue weighted by atomic mass is 16.3. The van der Waals surface area contributed by atoms with E-state index < -0.39 is 0 Å². The van der Waals surface area contributed by atoms with Crippen LogP contribution >= 0.6 is 0 Å². The van der Waals surface area contributed by atoms with Crippen LogP contribution in [0, 0.1) is 0 Å². The molecule has 2 rings (SSSR count). The molecule has 1 N–H and O–H groups in total. The average Bonchev–Trinajstić information content (AvgIpc) is 2.81. The highest BCUT2D eigenvalue weighted by Gasteiger charge is 2.13. The third-order valence-corrected chi connectivity index (χ3v) is 3.80. The van der Waals surface area contributed by atoms with Gasteiger partial charge in [-0.05, 0) is 36.4 Å². The van der Waals surface area contributed by atoms with E-state index in [0.717, 1.165) is 25.0 Å². The molecular weight excluding hydrogens is 234 g/mol. The molecule has 0 amide bonds. The molecule has 0 saturated carbocycles. The molecule has 0 radical (unpaired) electrons. The fourth-order valence-electron chi connectivity index (χ4n) is 2.43. The first-order valence-corrected chi connectivity index (χ1v) is 7.35. The standard InChI is InChI=1S/C17H25NO/c1-5-13(4)15-7-6-8-16-14(11-19-17(15)16)9-10-18-12(2)3/h6-8,11-13,18H,5,9-10H2,1-4H3. The fourth-order valence-corrected chi connectivity index (χ4v) is 2.43. The summed E-state index contributed by atoms with van der Waals surface area (Å²) in [4.78, 5) is 0. The molecule has 2 aromatic rings. The zero-order valence-electron chi connectivity index (χ0n) is 12.5. The highest BCUT2D eigenvalue weighted by molar-refractivity contribution is 5.84. The van der Waals surface area contributed by atoms with Gasteiger partial charge >= 0.3 is 0 Å². The van der Waals surface area contributed by atoms with E-state index in [9.17, 15) is 0 Å². The van der Waals surface area contributed by atoms with Crippen LogP contribution in [0.5, 0.6) is 0 Å². The van der Waals surface area contributed by atoms with Crippen molar-refractivity contribution >= 4 is 11.0 Å². The topological polar surface area (TPSA) is 25.2 Å². The zero-order chi connectivity index (χ0) is 13.8. The van der Waals surface area contributed by atoms with Crippen molar-refractivity contribution in [2.45, 2.75) is 52.5 Å². The first-order valence-electron chi connectivity index (χ1n) is 7.35. The predicted octanol–water partition coefficient (Wildman–Crippen LogP) is 4.49. The third kappa shape index (κ3) is 3.19. The Morgan fingerprint density at radius 1 is 1.21 bits per heavy atom. The Labute approximate surface area is 116 Å². The molecule has 1 aromatic heterocycles. The monoisotopic (exact) mass is 259 g/mol. The molecule has 1 atom stereocenters. The Morgan fingerprint density at radius 2 is 2.00 bits per heavy atom. The molecule has 0 aliphatic rings. The maximum Gasteiger partial charge on any atom is 0.137 e. The third-order valence-electron chi connectivity index (χ3n) is 3.80. The fraction of sp³-hybridized carbons (Fsp3) is 0.529. The second-order valence-electron chi connectivity index (χ2n) is 5.65. The minimum atomic E-state index is 0.536. The molecule has 0 saturated heterocycles. The van der Waals surface area contributed by atoms with Gasteiger partial charge in [0, 0.05) is 11.4 Å². The van der Waals surface area contributed by atoms with E-state index in [2.05, 4.69) is 51.2 Å². The number of furan rings is 1. The minimum Gasteiger partial charge on any atom is -0.464 e. The maximum absolute atomic E-state index is 5.83. The van der Waals surface area contributed by atoms with Crippen molar-refractivity contribution in [3.63, 3.8) is 0 Å². The number of nitrogens with one attached hydrogen (secondary N) is 1. The number of rotatable bonds is 6. The number of para-hydroxylation sites is 1. The lowest BCUT2D eigenvalue weighted by Gasteiger charge is -2.09. The average molecular weight is 259 g/mol. The molecule has 1 aromatic carbocycles. The molecule has 2 heteroatoms. The van der Waals surface area contributed by atoms with Crippen molar-refractivity contribution in [1.29, 1.82) is 0 Å². The number of benzene rings is 1. The van der Waals surface area contributed by atoms with Crippen molar-refractivity contribution in [3.05, 3.63) is 35.6 Å². The number of fused-ring (bicyclic) bond motifs is 1. The lowest BCUT2D eigenvalue weighted by Crippen LogP contribution is -2.24. The van der Waals surface area contributed by atoms with Gasteiger partial charge in [0.1, 0.15) is 5.58 Å². The van der Waals surface area contributed by atoms with E-state index in [4.69, 9.17) is 4.42 Å².